The van der Waals surface area contributed by atoms with Crippen LogP contribution < -0.4 is 0 Å². The summed E-state index contributed by atoms with van der Waals surface area (Å²) < 4.78 is 0. The van der Waals surface area contributed by atoms with Gasteiger partial charge in [-0.05, 0) is 50.8 Å². The number of nitrogens with zero attached hydrogens (tertiary/aromatic N) is 2. The predicted molar refractivity (Wildman–Crippen MR) is 80.1 cm³/mol. The van der Waals surface area contributed by atoms with Crippen molar-refractivity contribution in [1.82, 2.24) is 4.90 Å². The van der Waals surface area contributed by atoms with Crippen molar-refractivity contribution in [3.05, 3.63) is 35.9 Å². The molecule has 2 rings (SSSR count). The fourth-order valence-electron chi connectivity index (χ4n) is 3.04. The minimum absolute atomic E-state index is 0.360. The Hall–Kier alpha value is -1.37. The van der Waals surface area contributed by atoms with E-state index in [4.69, 9.17) is 5.26 Å². The molecule has 20 heavy (non-hydrogen) atoms. The van der Waals surface area contributed by atoms with Crippen LogP contribution in [0.4, 0.5) is 0 Å². The maximum absolute atomic E-state index is 10.3. The van der Waals surface area contributed by atoms with Crippen LogP contribution in [-0.4, -0.2) is 29.1 Å². The van der Waals surface area contributed by atoms with Crippen molar-refractivity contribution in [2.24, 2.45) is 0 Å². The predicted octanol–water partition coefficient (Wildman–Crippen LogP) is 3.27. The first-order chi connectivity index (χ1) is 9.81. The molecule has 1 aliphatic heterocycles. The monoisotopic (exact) mass is 272 g/mol. The summed E-state index contributed by atoms with van der Waals surface area (Å²) >= 11 is 0. The van der Waals surface area contributed by atoms with E-state index in [1.165, 1.54) is 12.8 Å². The Labute approximate surface area is 121 Å². The van der Waals surface area contributed by atoms with Gasteiger partial charge in [0.05, 0.1) is 12.2 Å². The van der Waals surface area contributed by atoms with Crippen LogP contribution in [0.3, 0.4) is 0 Å². The van der Waals surface area contributed by atoms with E-state index in [1.54, 1.807) is 0 Å². The van der Waals surface area contributed by atoms with Crippen LogP contribution in [0.2, 0.25) is 0 Å². The topological polar surface area (TPSA) is 47.3 Å². The molecular formula is C17H24N2O. The van der Waals surface area contributed by atoms with Gasteiger partial charge in [-0.2, -0.15) is 5.26 Å². The number of benzene rings is 1. The number of rotatable bonds is 7. The molecule has 3 nitrogen and oxygen atoms in total. The lowest BCUT2D eigenvalue weighted by molar-refractivity contribution is 0.120. The third kappa shape index (κ3) is 4.33. The van der Waals surface area contributed by atoms with Crippen LogP contribution in [0, 0.1) is 11.3 Å². The number of unbranched alkanes of at least 4 members (excludes halogenated alkanes) is 2. The SMILES string of the molecule is N#CCCCCN1CCC[C@@H]1C[C@@H](O)c1ccccc1. The molecule has 0 saturated carbocycles. The van der Waals surface area contributed by atoms with Gasteiger partial charge in [-0.25, -0.2) is 0 Å². The van der Waals surface area contributed by atoms with Gasteiger partial charge in [0.1, 0.15) is 0 Å². The van der Waals surface area contributed by atoms with Crippen LogP contribution in [0.25, 0.3) is 0 Å². The van der Waals surface area contributed by atoms with Gasteiger partial charge in [0.2, 0.25) is 0 Å². The van der Waals surface area contributed by atoms with Gasteiger partial charge in [0.25, 0.3) is 0 Å². The molecule has 0 amide bonds. The van der Waals surface area contributed by atoms with Crippen molar-refractivity contribution < 1.29 is 5.11 Å². The third-order valence-corrected chi connectivity index (χ3v) is 4.16. The molecule has 0 radical (unpaired) electrons. The first kappa shape index (κ1) is 15.0. The third-order valence-electron chi connectivity index (χ3n) is 4.16. The molecule has 0 spiro atoms. The number of hydrogen-bond donors (Lipinski definition) is 1. The minimum Gasteiger partial charge on any atom is -0.388 e. The van der Waals surface area contributed by atoms with Gasteiger partial charge < -0.3 is 10.0 Å². The first-order valence-corrected chi connectivity index (χ1v) is 7.65. The molecule has 0 unspecified atom stereocenters. The Morgan fingerprint density at radius 3 is 2.85 bits per heavy atom. The highest BCUT2D eigenvalue weighted by atomic mass is 16.3. The summed E-state index contributed by atoms with van der Waals surface area (Å²) in [5, 5.41) is 18.9. The van der Waals surface area contributed by atoms with E-state index in [0.29, 0.717) is 12.5 Å². The van der Waals surface area contributed by atoms with E-state index < -0.39 is 0 Å². The van der Waals surface area contributed by atoms with E-state index >= 15 is 0 Å². The smallest absolute Gasteiger partial charge is 0.0805 e. The molecule has 1 aromatic carbocycles. The van der Waals surface area contributed by atoms with Crippen LogP contribution in [0.15, 0.2) is 30.3 Å². The number of nitriles is 1. The Bertz CT molecular complexity index is 426. The number of hydrogen-bond acceptors (Lipinski definition) is 3. The van der Waals surface area contributed by atoms with Crippen LogP contribution in [0.1, 0.15) is 50.2 Å². The average Bonchev–Trinajstić information content (AvgIpc) is 2.92. The molecule has 0 aromatic heterocycles. The fourth-order valence-corrected chi connectivity index (χ4v) is 3.04. The molecule has 2 atom stereocenters. The zero-order valence-electron chi connectivity index (χ0n) is 12.0. The van der Waals surface area contributed by atoms with E-state index in [2.05, 4.69) is 11.0 Å². The van der Waals surface area contributed by atoms with Gasteiger partial charge in [0, 0.05) is 12.5 Å². The maximum atomic E-state index is 10.3. The molecular weight excluding hydrogens is 248 g/mol. The summed E-state index contributed by atoms with van der Waals surface area (Å²) in [4.78, 5) is 2.49. The van der Waals surface area contributed by atoms with Crippen molar-refractivity contribution in [3.8, 4) is 6.07 Å². The Morgan fingerprint density at radius 1 is 1.30 bits per heavy atom. The van der Waals surface area contributed by atoms with Crippen LogP contribution >= 0.6 is 0 Å². The van der Waals surface area contributed by atoms with Gasteiger partial charge in [-0.15, -0.1) is 0 Å². The first-order valence-electron chi connectivity index (χ1n) is 7.65. The highest BCUT2D eigenvalue weighted by Gasteiger charge is 2.26. The second-order valence-corrected chi connectivity index (χ2v) is 5.61. The van der Waals surface area contributed by atoms with Crippen LogP contribution in [-0.2, 0) is 0 Å². The van der Waals surface area contributed by atoms with Crippen molar-refractivity contribution in [3.63, 3.8) is 0 Å². The van der Waals surface area contributed by atoms with E-state index in [0.717, 1.165) is 37.9 Å². The van der Waals surface area contributed by atoms with Gasteiger partial charge in [0.15, 0.2) is 0 Å². The summed E-state index contributed by atoms with van der Waals surface area (Å²) in [7, 11) is 0. The number of aliphatic hydroxyl groups is 1. The van der Waals surface area contributed by atoms with E-state index in [1.807, 2.05) is 30.3 Å². The molecule has 1 N–H and O–H groups in total. The van der Waals surface area contributed by atoms with E-state index in [9.17, 15) is 5.11 Å². The quantitative estimate of drug-likeness (QED) is 0.775. The normalized spacial score (nSPS) is 20.7. The molecule has 1 saturated heterocycles. The maximum Gasteiger partial charge on any atom is 0.0805 e. The van der Waals surface area contributed by atoms with Crippen molar-refractivity contribution in [2.75, 3.05) is 13.1 Å². The summed E-state index contributed by atoms with van der Waals surface area (Å²) in [6, 6.07) is 12.6. The Morgan fingerprint density at radius 2 is 2.10 bits per heavy atom. The van der Waals surface area contributed by atoms with Crippen molar-refractivity contribution in [2.45, 2.75) is 50.7 Å². The molecule has 108 valence electrons. The van der Waals surface area contributed by atoms with Crippen LogP contribution in [0.5, 0.6) is 0 Å². The molecule has 0 aliphatic carbocycles. The summed E-state index contributed by atoms with van der Waals surface area (Å²) in [6.07, 6.45) is 5.60. The fraction of sp³-hybridized carbons (Fsp3) is 0.588. The second kappa shape index (κ2) is 8.04. The lowest BCUT2D eigenvalue weighted by Crippen LogP contribution is -2.31. The van der Waals surface area contributed by atoms with Gasteiger partial charge >= 0.3 is 0 Å². The number of likely N-dealkylation sites (tertiary alicyclic amines) is 1. The van der Waals surface area contributed by atoms with Crippen molar-refractivity contribution >= 4 is 0 Å². The Balaban J connectivity index is 1.80. The molecule has 1 fully saturated rings. The zero-order chi connectivity index (χ0) is 14.2. The molecule has 1 aliphatic rings. The second-order valence-electron chi connectivity index (χ2n) is 5.61. The summed E-state index contributed by atoms with van der Waals surface area (Å²) in [6.45, 7) is 2.20. The Kier molecular flexibility index (Phi) is 6.04. The van der Waals surface area contributed by atoms with Crippen molar-refractivity contribution in [1.29, 1.82) is 5.26 Å². The molecule has 1 aromatic rings. The average molecular weight is 272 g/mol. The van der Waals surface area contributed by atoms with Gasteiger partial charge in [-0.1, -0.05) is 30.3 Å². The molecule has 0 bridgehead atoms. The minimum atomic E-state index is -0.360. The van der Waals surface area contributed by atoms with E-state index in [-0.39, 0.29) is 6.10 Å². The molecule has 1 heterocycles. The lowest BCUT2D eigenvalue weighted by Gasteiger charge is -2.26. The standard InChI is InChI=1S/C17H24N2O/c18-11-5-2-6-12-19-13-7-10-16(19)14-17(20)15-8-3-1-4-9-15/h1,3-4,8-9,16-17,20H,2,5-7,10,12-14H2/t16-,17-/m1/s1. The summed E-state index contributed by atoms with van der Waals surface area (Å²) in [5.74, 6) is 0. The molecule has 3 heteroatoms. The highest BCUT2D eigenvalue weighted by Crippen LogP contribution is 2.27. The largest absolute Gasteiger partial charge is 0.388 e. The highest BCUT2D eigenvalue weighted by molar-refractivity contribution is 5.17. The zero-order valence-corrected chi connectivity index (χ0v) is 12.0. The number of aliphatic hydroxyl groups excluding tert-OH is 1. The lowest BCUT2D eigenvalue weighted by atomic mass is 10.0. The van der Waals surface area contributed by atoms with Gasteiger partial charge in [-0.3, -0.25) is 0 Å². The summed E-state index contributed by atoms with van der Waals surface area (Å²) in [5.41, 5.74) is 1.02.